The van der Waals surface area contributed by atoms with Crippen molar-refractivity contribution in [2.75, 3.05) is 0 Å². The van der Waals surface area contributed by atoms with E-state index in [0.717, 1.165) is 88.8 Å². The maximum absolute atomic E-state index is 2.44. The summed E-state index contributed by atoms with van der Waals surface area (Å²) >= 11 is 0. The fourth-order valence-corrected chi connectivity index (χ4v) is 19.5. The van der Waals surface area contributed by atoms with Gasteiger partial charge in [-0.1, -0.05) is 259 Å². The van der Waals surface area contributed by atoms with E-state index < -0.39 is 0 Å². The zero-order valence-electron chi connectivity index (χ0n) is 53.6. The summed E-state index contributed by atoms with van der Waals surface area (Å²) in [6.45, 7) is 43.2. The molecule has 0 heteroatoms. The number of benzene rings is 1. The van der Waals surface area contributed by atoms with Crippen molar-refractivity contribution in [1.82, 2.24) is 0 Å². The Hall–Kier alpha value is -0.780. The molecule has 0 aliphatic heterocycles. The van der Waals surface area contributed by atoms with Gasteiger partial charge < -0.3 is 0 Å². The molecular weight excluding hydrogens is 901 g/mol. The molecule has 0 N–H and O–H groups in total. The highest BCUT2D eigenvalue weighted by Crippen LogP contribution is 2.56. The molecule has 1 aromatic rings. The predicted molar refractivity (Wildman–Crippen MR) is 335 cm³/mol. The zero-order chi connectivity index (χ0) is 54.3. The van der Waals surface area contributed by atoms with Gasteiger partial charge in [-0.3, -0.25) is 0 Å². The number of hydrogen-bond donors (Lipinski definition) is 0. The summed E-state index contributed by atoms with van der Waals surface area (Å²) in [4.78, 5) is 0. The third-order valence-electron chi connectivity index (χ3n) is 23.7. The van der Waals surface area contributed by atoms with Crippen LogP contribution in [0, 0.1) is 116 Å². The molecule has 0 amide bonds. The average molecular weight is 1040 g/mol. The van der Waals surface area contributed by atoms with Gasteiger partial charge in [-0.2, -0.15) is 0 Å². The van der Waals surface area contributed by atoms with Crippen molar-refractivity contribution < 1.29 is 0 Å². The lowest BCUT2D eigenvalue weighted by atomic mass is 9.63. The lowest BCUT2D eigenvalue weighted by Crippen LogP contribution is -2.33. The molecule has 11 rings (SSSR count). The Kier molecular flexibility index (Phi) is 24.1. The molecule has 15 unspecified atom stereocenters. The molecule has 10 saturated carbocycles. The van der Waals surface area contributed by atoms with E-state index >= 15 is 0 Å². The summed E-state index contributed by atoms with van der Waals surface area (Å²) in [7, 11) is 0. The molecule has 10 aliphatic carbocycles. The van der Waals surface area contributed by atoms with E-state index in [0.29, 0.717) is 32.5 Å². The monoisotopic (exact) mass is 1040 g/mol. The summed E-state index contributed by atoms with van der Waals surface area (Å²) in [6.07, 6.45) is 44.2. The molecule has 0 radical (unpaired) electrons. The van der Waals surface area contributed by atoms with E-state index in [2.05, 4.69) is 155 Å². The highest BCUT2D eigenvalue weighted by atomic mass is 14.5. The van der Waals surface area contributed by atoms with Gasteiger partial charge in [-0.05, 0) is 217 Å². The lowest BCUT2D eigenvalue weighted by Gasteiger charge is -2.42. The molecule has 1 aromatic carbocycles. The van der Waals surface area contributed by atoms with Gasteiger partial charge in [0.1, 0.15) is 0 Å². The van der Waals surface area contributed by atoms with E-state index in [-0.39, 0.29) is 7.43 Å². The van der Waals surface area contributed by atoms with Gasteiger partial charge in [0, 0.05) is 0 Å². The van der Waals surface area contributed by atoms with Crippen LogP contribution in [0.15, 0.2) is 30.3 Å². The normalized spacial score (nSPS) is 36.2. The summed E-state index contributed by atoms with van der Waals surface area (Å²) in [6, 6.07) is 10.6. The Balaban J connectivity index is 0.000000166. The fourth-order valence-electron chi connectivity index (χ4n) is 19.5. The molecule has 75 heavy (non-hydrogen) atoms. The lowest BCUT2D eigenvalue weighted by molar-refractivity contribution is 0.0792. The van der Waals surface area contributed by atoms with Crippen molar-refractivity contribution in [3.05, 3.63) is 35.9 Å². The third-order valence-corrected chi connectivity index (χ3v) is 23.7. The number of rotatable bonds is 0. The van der Waals surface area contributed by atoms with Crippen molar-refractivity contribution in [3.63, 3.8) is 0 Å². The molecule has 436 valence electrons. The number of hydrogen-bond acceptors (Lipinski definition) is 0. The second kappa shape index (κ2) is 27.8. The summed E-state index contributed by atoms with van der Waals surface area (Å²) in [5, 5.41) is 0. The van der Waals surface area contributed by atoms with Crippen molar-refractivity contribution >= 4 is 0 Å². The van der Waals surface area contributed by atoms with Gasteiger partial charge in [-0.25, -0.2) is 0 Å². The van der Waals surface area contributed by atoms with Crippen LogP contribution >= 0.6 is 0 Å². The Morgan fingerprint density at radius 2 is 0.560 bits per heavy atom. The van der Waals surface area contributed by atoms with Crippen molar-refractivity contribution in [2.45, 2.75) is 324 Å². The molecular formula is C75H136. The predicted octanol–water partition coefficient (Wildman–Crippen LogP) is 24.5. The van der Waals surface area contributed by atoms with Gasteiger partial charge >= 0.3 is 0 Å². The van der Waals surface area contributed by atoms with E-state index in [1.54, 1.807) is 6.42 Å². The van der Waals surface area contributed by atoms with Crippen LogP contribution in [0.25, 0.3) is 0 Å². The molecule has 10 aliphatic rings. The van der Waals surface area contributed by atoms with Crippen LogP contribution in [-0.4, -0.2) is 0 Å². The Morgan fingerprint density at radius 1 is 0.267 bits per heavy atom. The van der Waals surface area contributed by atoms with Crippen molar-refractivity contribution in [2.24, 2.45) is 116 Å². The second-order valence-corrected chi connectivity index (χ2v) is 34.6. The molecule has 10 fully saturated rings. The van der Waals surface area contributed by atoms with E-state index in [4.69, 9.17) is 0 Å². The van der Waals surface area contributed by atoms with Crippen LogP contribution < -0.4 is 0 Å². The van der Waals surface area contributed by atoms with Crippen LogP contribution in [0.1, 0.15) is 324 Å². The first kappa shape index (κ1) is 65.0. The average Bonchev–Trinajstić information content (AvgIpc) is 4.18. The topological polar surface area (TPSA) is 0 Å². The Labute approximate surface area is 473 Å². The zero-order valence-corrected chi connectivity index (χ0v) is 53.6. The first-order chi connectivity index (χ1) is 34.5. The van der Waals surface area contributed by atoms with Crippen LogP contribution in [0.4, 0.5) is 0 Å². The first-order valence-electron chi connectivity index (χ1n) is 33.6. The molecule has 0 bridgehead atoms. The minimum atomic E-state index is 0. The Morgan fingerprint density at radius 3 is 0.933 bits per heavy atom. The quantitative estimate of drug-likeness (QED) is 0.243. The molecule has 0 aromatic heterocycles. The minimum Gasteiger partial charge on any atom is -0.0776 e. The molecule has 0 spiro atoms. The third kappa shape index (κ3) is 18.6. The maximum Gasteiger partial charge on any atom is -0.0132 e. The van der Waals surface area contributed by atoms with E-state index in [1.807, 2.05) is 0 Å². The maximum atomic E-state index is 2.44. The van der Waals surface area contributed by atoms with E-state index in [9.17, 15) is 0 Å². The van der Waals surface area contributed by atoms with Gasteiger partial charge in [0.25, 0.3) is 0 Å². The summed E-state index contributed by atoms with van der Waals surface area (Å²) in [5.74, 6) is 16.2. The van der Waals surface area contributed by atoms with Crippen LogP contribution in [0.2, 0.25) is 0 Å². The van der Waals surface area contributed by atoms with E-state index in [1.165, 1.54) is 185 Å². The van der Waals surface area contributed by atoms with Crippen LogP contribution in [0.3, 0.4) is 0 Å². The largest absolute Gasteiger partial charge is 0.0776 e. The minimum absolute atomic E-state index is 0. The van der Waals surface area contributed by atoms with Crippen molar-refractivity contribution in [3.8, 4) is 0 Å². The highest BCUT2D eigenvalue weighted by Gasteiger charge is 2.46. The van der Waals surface area contributed by atoms with Crippen molar-refractivity contribution in [1.29, 1.82) is 0 Å². The molecule has 0 heterocycles. The number of fused-ring (bicyclic) bond motifs is 5. The van der Waals surface area contributed by atoms with Gasteiger partial charge in [0.15, 0.2) is 0 Å². The molecule has 0 nitrogen and oxygen atoms in total. The van der Waals surface area contributed by atoms with Crippen LogP contribution in [-0.2, 0) is 5.41 Å². The smallest absolute Gasteiger partial charge is 0.0132 e. The van der Waals surface area contributed by atoms with Gasteiger partial charge in [0.2, 0.25) is 0 Å². The highest BCUT2D eigenvalue weighted by molar-refractivity contribution is 5.22. The first-order valence-corrected chi connectivity index (χ1v) is 33.6. The molecule has 15 atom stereocenters. The Bertz CT molecular complexity index is 1670. The van der Waals surface area contributed by atoms with Crippen LogP contribution in [0.5, 0.6) is 0 Å². The summed E-state index contributed by atoms with van der Waals surface area (Å²) < 4.78 is 0. The van der Waals surface area contributed by atoms with Gasteiger partial charge in [-0.15, -0.1) is 0 Å². The fraction of sp³-hybridized carbons (Fsp3) is 0.920. The van der Waals surface area contributed by atoms with Gasteiger partial charge in [0.05, 0.1) is 0 Å². The second-order valence-electron chi connectivity index (χ2n) is 34.6. The SMILES string of the molecule is C.CC(C)(C)C1CCC2CCCC21.CC(C)(C)C1CCC2CCCC2C1.CC(C)(C)C1CCC2CCCCC21.CC(C)(C)C1CCC2CCCCC21.CC(C)(C)C1CCCC2CCCC21.CC(C)(C)c1ccccc1. The standard InChI is InChI=1S/4C13H24.C12H22.C10H14.CH4/c1-13(2,3)12-9-5-7-10-6-4-8-11(10)12;1-13(2,3)12-8-7-10-5-4-6-11(10)9-12;2*1-13(2,3)12-9-8-10-6-4-5-7-11(10)12;1-12(2,3)11-8-7-9-5-4-6-10(9)11;1-10(2,3)9-7-5-4-6-8-9;/h4*10-12H,4-9H2,1-3H3;9-11H,4-8H2,1-3H3;4-8H,1-3H3;1H4. The molecule has 0 saturated heterocycles. The summed E-state index contributed by atoms with van der Waals surface area (Å²) in [5.41, 5.74) is 4.52.